The van der Waals surface area contributed by atoms with Crippen molar-refractivity contribution in [3.8, 4) is 0 Å². The molecule has 3 N–H and O–H groups in total. The van der Waals surface area contributed by atoms with Crippen molar-refractivity contribution in [1.82, 2.24) is 9.36 Å². The van der Waals surface area contributed by atoms with Crippen LogP contribution in [0, 0.1) is 0 Å². The minimum Gasteiger partial charge on any atom is -0.374 e. The molecule has 6 heteroatoms. The quantitative estimate of drug-likeness (QED) is 0.784. The van der Waals surface area contributed by atoms with Gasteiger partial charge >= 0.3 is 0 Å². The third-order valence-corrected chi connectivity index (χ3v) is 3.85. The number of methoxy groups -OCH3 is 1. The zero-order valence-electron chi connectivity index (χ0n) is 11.0. The maximum atomic E-state index is 6.21. The second-order valence-electron chi connectivity index (χ2n) is 4.26. The summed E-state index contributed by atoms with van der Waals surface area (Å²) < 4.78 is 9.41. The molecule has 0 amide bonds. The highest BCUT2D eigenvalue weighted by Crippen LogP contribution is 2.19. The summed E-state index contributed by atoms with van der Waals surface area (Å²) in [6.07, 6.45) is 1.81. The van der Waals surface area contributed by atoms with Crippen LogP contribution in [0.1, 0.15) is 45.5 Å². The predicted molar refractivity (Wildman–Crippen MR) is 71.3 cm³/mol. The second-order valence-corrected chi connectivity index (χ2v) is 5.01. The lowest BCUT2D eigenvalue weighted by molar-refractivity contribution is 0.113. The lowest BCUT2D eigenvalue weighted by atomic mass is 9.94. The Labute approximate surface area is 107 Å². The number of aromatic nitrogens is 2. The molecule has 1 rings (SSSR count). The summed E-state index contributed by atoms with van der Waals surface area (Å²) >= 11 is 1.35. The van der Waals surface area contributed by atoms with Gasteiger partial charge in [0.25, 0.3) is 0 Å². The summed E-state index contributed by atoms with van der Waals surface area (Å²) in [6, 6.07) is 0. The Morgan fingerprint density at radius 2 is 2.12 bits per heavy atom. The van der Waals surface area contributed by atoms with Crippen LogP contribution < -0.4 is 11.1 Å². The van der Waals surface area contributed by atoms with Gasteiger partial charge in [-0.1, -0.05) is 13.8 Å². The SMILES string of the molecule is CCC(N)(CC)CNc1nc(C(C)OC)ns1. The molecule has 1 aromatic rings. The van der Waals surface area contributed by atoms with Crippen LogP contribution in [0.15, 0.2) is 0 Å². The Kier molecular flexibility index (Phi) is 5.30. The van der Waals surface area contributed by atoms with Gasteiger partial charge in [-0.3, -0.25) is 0 Å². The molecule has 1 atom stereocenters. The van der Waals surface area contributed by atoms with E-state index in [0.717, 1.165) is 30.3 Å². The molecule has 0 aliphatic heterocycles. The molecule has 0 aliphatic rings. The van der Waals surface area contributed by atoms with Crippen molar-refractivity contribution in [2.45, 2.75) is 45.3 Å². The summed E-state index contributed by atoms with van der Waals surface area (Å²) in [5.74, 6) is 0.718. The normalized spacial score (nSPS) is 13.7. The topological polar surface area (TPSA) is 73.1 Å². The molecule has 17 heavy (non-hydrogen) atoms. The van der Waals surface area contributed by atoms with Gasteiger partial charge < -0.3 is 15.8 Å². The van der Waals surface area contributed by atoms with E-state index < -0.39 is 0 Å². The predicted octanol–water partition coefficient (Wildman–Crippen LogP) is 2.17. The van der Waals surface area contributed by atoms with E-state index in [2.05, 4.69) is 28.5 Å². The largest absolute Gasteiger partial charge is 0.374 e. The van der Waals surface area contributed by atoms with Crippen molar-refractivity contribution in [2.24, 2.45) is 5.73 Å². The molecule has 98 valence electrons. The van der Waals surface area contributed by atoms with E-state index in [0.29, 0.717) is 0 Å². The fourth-order valence-corrected chi connectivity index (χ4v) is 1.97. The maximum Gasteiger partial charge on any atom is 0.202 e. The molecule has 0 fully saturated rings. The van der Waals surface area contributed by atoms with Crippen molar-refractivity contribution in [3.05, 3.63) is 5.82 Å². The Balaban J connectivity index is 2.55. The molecular weight excluding hydrogens is 236 g/mol. The van der Waals surface area contributed by atoms with Gasteiger partial charge in [-0.2, -0.15) is 4.37 Å². The minimum absolute atomic E-state index is 0.0678. The number of nitrogens with two attached hydrogens (primary N) is 1. The smallest absolute Gasteiger partial charge is 0.202 e. The number of ether oxygens (including phenoxy) is 1. The van der Waals surface area contributed by atoms with E-state index in [4.69, 9.17) is 10.5 Å². The van der Waals surface area contributed by atoms with E-state index in [9.17, 15) is 0 Å². The van der Waals surface area contributed by atoms with E-state index in [1.54, 1.807) is 7.11 Å². The van der Waals surface area contributed by atoms with Gasteiger partial charge in [-0.05, 0) is 19.8 Å². The number of hydrogen-bond acceptors (Lipinski definition) is 6. The first kappa shape index (κ1) is 14.3. The first-order valence-electron chi connectivity index (χ1n) is 5.93. The molecule has 0 aliphatic carbocycles. The highest BCUT2D eigenvalue weighted by molar-refractivity contribution is 7.09. The lowest BCUT2D eigenvalue weighted by Crippen LogP contribution is -2.45. The molecule has 0 bridgehead atoms. The Morgan fingerprint density at radius 1 is 1.47 bits per heavy atom. The number of hydrogen-bond donors (Lipinski definition) is 2. The van der Waals surface area contributed by atoms with Crippen molar-refractivity contribution in [3.63, 3.8) is 0 Å². The number of anilines is 1. The molecule has 0 saturated carbocycles. The summed E-state index contributed by atoms with van der Waals surface area (Å²) in [6.45, 7) is 6.85. The van der Waals surface area contributed by atoms with Gasteiger partial charge in [0.15, 0.2) is 5.82 Å². The molecule has 0 radical (unpaired) electrons. The summed E-state index contributed by atoms with van der Waals surface area (Å²) in [5, 5.41) is 4.06. The molecule has 5 nitrogen and oxygen atoms in total. The van der Waals surface area contributed by atoms with Crippen LogP contribution in [0.25, 0.3) is 0 Å². The highest BCUT2D eigenvalue weighted by Gasteiger charge is 2.20. The lowest BCUT2D eigenvalue weighted by Gasteiger charge is -2.26. The molecule has 1 unspecified atom stereocenters. The van der Waals surface area contributed by atoms with Crippen molar-refractivity contribution in [2.75, 3.05) is 19.0 Å². The molecule has 1 heterocycles. The van der Waals surface area contributed by atoms with Crippen LogP contribution in [-0.2, 0) is 4.74 Å². The van der Waals surface area contributed by atoms with Crippen LogP contribution in [-0.4, -0.2) is 28.6 Å². The Bertz CT molecular complexity index is 338. The fourth-order valence-electron chi connectivity index (χ4n) is 1.33. The summed E-state index contributed by atoms with van der Waals surface area (Å²) in [5.41, 5.74) is 6.04. The van der Waals surface area contributed by atoms with Crippen LogP contribution >= 0.6 is 11.5 Å². The molecule has 1 aromatic heterocycles. The highest BCUT2D eigenvalue weighted by atomic mass is 32.1. The van der Waals surface area contributed by atoms with Crippen molar-refractivity contribution in [1.29, 1.82) is 0 Å². The van der Waals surface area contributed by atoms with Crippen molar-refractivity contribution < 1.29 is 4.74 Å². The van der Waals surface area contributed by atoms with Crippen molar-refractivity contribution >= 4 is 16.7 Å². The van der Waals surface area contributed by atoms with Crippen LogP contribution in [0.2, 0.25) is 0 Å². The third kappa shape index (κ3) is 3.90. The Hall–Kier alpha value is -0.720. The van der Waals surface area contributed by atoms with Gasteiger partial charge in [0.05, 0.1) is 0 Å². The van der Waals surface area contributed by atoms with Gasteiger partial charge in [0, 0.05) is 30.7 Å². The zero-order chi connectivity index (χ0) is 12.9. The number of nitrogens with zero attached hydrogens (tertiary/aromatic N) is 2. The molecule has 0 spiro atoms. The third-order valence-electron chi connectivity index (χ3n) is 3.16. The summed E-state index contributed by atoms with van der Waals surface area (Å²) in [4.78, 5) is 4.37. The number of nitrogens with one attached hydrogen (secondary N) is 1. The monoisotopic (exact) mass is 258 g/mol. The summed E-state index contributed by atoms with van der Waals surface area (Å²) in [7, 11) is 1.65. The van der Waals surface area contributed by atoms with Gasteiger partial charge in [0.2, 0.25) is 5.13 Å². The van der Waals surface area contributed by atoms with Gasteiger partial charge in [-0.15, -0.1) is 0 Å². The van der Waals surface area contributed by atoms with Gasteiger partial charge in [-0.25, -0.2) is 4.98 Å². The number of rotatable bonds is 7. The molecular formula is C11H22N4OS. The second kappa shape index (κ2) is 6.28. The molecule has 0 aromatic carbocycles. The first-order valence-corrected chi connectivity index (χ1v) is 6.71. The fraction of sp³-hybridized carbons (Fsp3) is 0.818. The zero-order valence-corrected chi connectivity index (χ0v) is 11.8. The van der Waals surface area contributed by atoms with Crippen LogP contribution in [0.5, 0.6) is 0 Å². The van der Waals surface area contributed by atoms with Crippen LogP contribution in [0.3, 0.4) is 0 Å². The Morgan fingerprint density at radius 3 is 2.65 bits per heavy atom. The van der Waals surface area contributed by atoms with E-state index >= 15 is 0 Å². The average Bonchev–Trinajstić information content (AvgIpc) is 2.84. The minimum atomic E-state index is -0.168. The van der Waals surface area contributed by atoms with E-state index in [1.165, 1.54) is 11.5 Å². The van der Waals surface area contributed by atoms with E-state index in [-0.39, 0.29) is 11.6 Å². The first-order chi connectivity index (χ1) is 8.04. The standard InChI is InChI=1S/C11H22N4OS/c1-5-11(12,6-2)7-13-10-14-9(15-17-10)8(3)16-4/h8H,5-7,12H2,1-4H3,(H,13,14,15). The molecule has 0 saturated heterocycles. The van der Waals surface area contributed by atoms with E-state index in [1.807, 2.05) is 6.92 Å². The van der Waals surface area contributed by atoms with Crippen LogP contribution in [0.4, 0.5) is 5.13 Å². The van der Waals surface area contributed by atoms with Gasteiger partial charge in [0.1, 0.15) is 6.10 Å². The maximum absolute atomic E-state index is 6.21. The average molecular weight is 258 g/mol.